The van der Waals surface area contributed by atoms with E-state index in [-0.39, 0.29) is 12.0 Å². The van der Waals surface area contributed by atoms with Gasteiger partial charge in [-0.3, -0.25) is 9.69 Å². The highest BCUT2D eigenvalue weighted by Gasteiger charge is 2.34. The summed E-state index contributed by atoms with van der Waals surface area (Å²) in [7, 11) is 1.79. The Kier molecular flexibility index (Phi) is 6.10. The molecule has 1 aromatic rings. The molecule has 2 aliphatic rings. The largest absolute Gasteiger partial charge is 0.388 e. The van der Waals surface area contributed by atoms with Gasteiger partial charge in [-0.15, -0.1) is 0 Å². The Morgan fingerprint density at radius 2 is 2.04 bits per heavy atom. The van der Waals surface area contributed by atoms with E-state index in [4.69, 9.17) is 4.74 Å². The molecule has 25 heavy (non-hydrogen) atoms. The number of hydrogen-bond acceptors (Lipinski definition) is 4. The van der Waals surface area contributed by atoms with Crippen LogP contribution in [0, 0.1) is 0 Å². The SMILES string of the molecule is CN(CC1(O)CCCC1)C(=O)CC1CN(Cc2ccccc2)CCO1. The van der Waals surface area contributed by atoms with Crippen LogP contribution in [0.15, 0.2) is 30.3 Å². The van der Waals surface area contributed by atoms with Gasteiger partial charge in [-0.1, -0.05) is 43.2 Å². The maximum Gasteiger partial charge on any atom is 0.225 e. The van der Waals surface area contributed by atoms with Gasteiger partial charge >= 0.3 is 0 Å². The second-order valence-electron chi connectivity index (χ2n) is 7.60. The van der Waals surface area contributed by atoms with Gasteiger partial charge in [0.05, 0.1) is 24.7 Å². The maximum atomic E-state index is 12.5. The van der Waals surface area contributed by atoms with E-state index in [0.29, 0.717) is 19.6 Å². The van der Waals surface area contributed by atoms with Crippen LogP contribution in [0.4, 0.5) is 0 Å². The number of hydrogen-bond donors (Lipinski definition) is 1. The zero-order chi connectivity index (χ0) is 17.7. The molecule has 0 radical (unpaired) electrons. The summed E-state index contributed by atoms with van der Waals surface area (Å²) in [5.74, 6) is 0.0619. The summed E-state index contributed by atoms with van der Waals surface area (Å²) in [6.07, 6.45) is 4.03. The Morgan fingerprint density at radius 3 is 2.76 bits per heavy atom. The molecule has 1 aromatic carbocycles. The van der Waals surface area contributed by atoms with E-state index in [9.17, 15) is 9.90 Å². The van der Waals surface area contributed by atoms with Crippen molar-refractivity contribution in [3.05, 3.63) is 35.9 Å². The molecular weight excluding hydrogens is 316 g/mol. The highest BCUT2D eigenvalue weighted by Crippen LogP contribution is 2.30. The average Bonchev–Trinajstić information content (AvgIpc) is 3.02. The van der Waals surface area contributed by atoms with Crippen molar-refractivity contribution in [3.8, 4) is 0 Å². The maximum absolute atomic E-state index is 12.5. The first-order valence-electron chi connectivity index (χ1n) is 9.38. The van der Waals surface area contributed by atoms with Gasteiger partial charge in [0.15, 0.2) is 0 Å². The predicted molar refractivity (Wildman–Crippen MR) is 97.1 cm³/mol. The molecule has 0 aromatic heterocycles. The number of amides is 1. The first-order chi connectivity index (χ1) is 12.0. The van der Waals surface area contributed by atoms with Crippen molar-refractivity contribution in [2.24, 2.45) is 0 Å². The number of nitrogens with zero attached hydrogens (tertiary/aromatic N) is 2. The van der Waals surface area contributed by atoms with Gasteiger partial charge in [-0.05, 0) is 18.4 Å². The third kappa shape index (κ3) is 5.27. The number of carbonyl (C=O) groups excluding carboxylic acids is 1. The highest BCUT2D eigenvalue weighted by molar-refractivity contribution is 5.76. The predicted octanol–water partition coefficient (Wildman–Crippen LogP) is 2.04. The lowest BCUT2D eigenvalue weighted by molar-refractivity contribution is -0.138. The number of aliphatic hydroxyl groups is 1. The molecule has 5 nitrogen and oxygen atoms in total. The van der Waals surface area contributed by atoms with Crippen molar-refractivity contribution >= 4 is 5.91 Å². The first kappa shape index (κ1) is 18.4. The monoisotopic (exact) mass is 346 g/mol. The number of rotatable bonds is 6. The molecule has 1 unspecified atom stereocenters. The molecule has 0 spiro atoms. The topological polar surface area (TPSA) is 53.0 Å². The quantitative estimate of drug-likeness (QED) is 0.856. The van der Waals surface area contributed by atoms with Crippen LogP contribution in [-0.4, -0.2) is 65.8 Å². The van der Waals surface area contributed by atoms with Crippen LogP contribution in [0.1, 0.15) is 37.7 Å². The molecule has 5 heteroatoms. The molecule has 3 rings (SSSR count). The Balaban J connectivity index is 1.47. The number of ether oxygens (including phenoxy) is 1. The molecular formula is C20H30N2O3. The summed E-state index contributed by atoms with van der Waals surface area (Å²) in [5.41, 5.74) is 0.604. The van der Waals surface area contributed by atoms with Crippen LogP contribution in [0.3, 0.4) is 0 Å². The lowest BCUT2D eigenvalue weighted by Gasteiger charge is -2.34. The van der Waals surface area contributed by atoms with Crippen LogP contribution in [0.2, 0.25) is 0 Å². The molecule has 1 atom stereocenters. The molecule has 1 saturated heterocycles. The number of benzene rings is 1. The van der Waals surface area contributed by atoms with Gasteiger partial charge in [0, 0.05) is 33.2 Å². The molecule has 2 fully saturated rings. The summed E-state index contributed by atoms with van der Waals surface area (Å²) < 4.78 is 5.81. The zero-order valence-electron chi connectivity index (χ0n) is 15.2. The molecule has 1 amide bonds. The summed E-state index contributed by atoms with van der Waals surface area (Å²) in [6.45, 7) is 3.67. The van der Waals surface area contributed by atoms with Gasteiger partial charge < -0.3 is 14.7 Å². The molecule has 0 bridgehead atoms. The normalized spacial score (nSPS) is 23.5. The Bertz CT molecular complexity index is 557. The van der Waals surface area contributed by atoms with Gasteiger partial charge in [0.1, 0.15) is 0 Å². The molecule has 1 aliphatic heterocycles. The fraction of sp³-hybridized carbons (Fsp3) is 0.650. The van der Waals surface area contributed by atoms with Crippen LogP contribution < -0.4 is 0 Å². The van der Waals surface area contributed by atoms with Crippen molar-refractivity contribution in [1.82, 2.24) is 9.80 Å². The molecule has 1 N–H and O–H groups in total. The van der Waals surface area contributed by atoms with Crippen LogP contribution in [0.25, 0.3) is 0 Å². The van der Waals surface area contributed by atoms with E-state index < -0.39 is 5.60 Å². The molecule has 1 aliphatic carbocycles. The van der Waals surface area contributed by atoms with Gasteiger partial charge in [-0.2, -0.15) is 0 Å². The first-order valence-corrected chi connectivity index (χ1v) is 9.38. The zero-order valence-corrected chi connectivity index (χ0v) is 15.2. The second kappa shape index (κ2) is 8.30. The second-order valence-corrected chi connectivity index (χ2v) is 7.60. The Labute approximate surface area is 150 Å². The van der Waals surface area contributed by atoms with Gasteiger partial charge in [0.25, 0.3) is 0 Å². The van der Waals surface area contributed by atoms with E-state index in [0.717, 1.165) is 45.3 Å². The number of likely N-dealkylation sites (N-methyl/N-ethyl adjacent to an activating group) is 1. The van der Waals surface area contributed by atoms with Crippen molar-refractivity contribution in [2.45, 2.75) is 50.4 Å². The number of morpholine rings is 1. The molecule has 1 saturated carbocycles. The summed E-state index contributed by atoms with van der Waals surface area (Å²) >= 11 is 0. The van der Waals surface area contributed by atoms with Crippen LogP contribution in [0.5, 0.6) is 0 Å². The van der Waals surface area contributed by atoms with E-state index in [1.165, 1.54) is 5.56 Å². The van der Waals surface area contributed by atoms with E-state index >= 15 is 0 Å². The van der Waals surface area contributed by atoms with Gasteiger partial charge in [-0.25, -0.2) is 0 Å². The standard InChI is InChI=1S/C20H30N2O3/c1-21(16-20(24)9-5-6-10-20)19(23)13-18-15-22(11-12-25-18)14-17-7-3-2-4-8-17/h2-4,7-8,18,24H,5-6,9-16H2,1H3. The smallest absolute Gasteiger partial charge is 0.225 e. The molecule has 138 valence electrons. The fourth-order valence-corrected chi connectivity index (χ4v) is 3.96. The van der Waals surface area contributed by atoms with E-state index in [2.05, 4.69) is 29.2 Å². The summed E-state index contributed by atoms with van der Waals surface area (Å²) in [4.78, 5) is 16.6. The van der Waals surface area contributed by atoms with Crippen molar-refractivity contribution in [2.75, 3.05) is 33.3 Å². The lowest BCUT2D eigenvalue weighted by atomic mass is 10.0. The highest BCUT2D eigenvalue weighted by atomic mass is 16.5. The Morgan fingerprint density at radius 1 is 1.32 bits per heavy atom. The van der Waals surface area contributed by atoms with E-state index in [1.807, 2.05) is 6.07 Å². The van der Waals surface area contributed by atoms with Crippen LogP contribution >= 0.6 is 0 Å². The third-order valence-corrected chi connectivity index (χ3v) is 5.37. The lowest BCUT2D eigenvalue weighted by Crippen LogP contribution is -2.46. The number of carbonyl (C=O) groups is 1. The average molecular weight is 346 g/mol. The van der Waals surface area contributed by atoms with E-state index in [1.54, 1.807) is 11.9 Å². The van der Waals surface area contributed by atoms with Crippen LogP contribution in [-0.2, 0) is 16.1 Å². The summed E-state index contributed by atoms with van der Waals surface area (Å²) in [5, 5.41) is 10.5. The molecule has 1 heterocycles. The Hall–Kier alpha value is -1.43. The minimum atomic E-state index is -0.683. The minimum absolute atomic E-state index is 0.0619. The van der Waals surface area contributed by atoms with Crippen molar-refractivity contribution in [3.63, 3.8) is 0 Å². The fourth-order valence-electron chi connectivity index (χ4n) is 3.96. The van der Waals surface area contributed by atoms with Crippen molar-refractivity contribution < 1.29 is 14.6 Å². The third-order valence-electron chi connectivity index (χ3n) is 5.37. The summed E-state index contributed by atoms with van der Waals surface area (Å²) in [6, 6.07) is 10.4. The van der Waals surface area contributed by atoms with Crippen molar-refractivity contribution in [1.29, 1.82) is 0 Å². The van der Waals surface area contributed by atoms with Gasteiger partial charge in [0.2, 0.25) is 5.91 Å². The minimum Gasteiger partial charge on any atom is -0.388 e.